The Morgan fingerprint density at radius 1 is 1.40 bits per heavy atom. The molecule has 0 aliphatic rings. The fourth-order valence-corrected chi connectivity index (χ4v) is 1.75. The van der Waals surface area contributed by atoms with Crippen LogP contribution >= 0.6 is 11.6 Å². The highest BCUT2D eigenvalue weighted by atomic mass is 35.5. The summed E-state index contributed by atoms with van der Waals surface area (Å²) in [7, 11) is 0. The van der Waals surface area contributed by atoms with Crippen LogP contribution in [0.25, 0.3) is 0 Å². The van der Waals surface area contributed by atoms with Crippen LogP contribution in [0.15, 0.2) is 30.5 Å². The molecule has 1 N–H and O–H groups in total. The minimum atomic E-state index is -0.495. The molecule has 20 heavy (non-hydrogen) atoms. The van der Waals surface area contributed by atoms with E-state index in [1.807, 2.05) is 13.8 Å². The standard InChI is InChI=1S/C14H13ClFN3O/c1-8(2)13-17-7-11(15)12(19-13)14(20)18-10-5-3-4-9(16)6-10/h3-8H,1-2H3,(H,18,20). The molecule has 0 unspecified atom stereocenters. The van der Waals surface area contributed by atoms with Crippen molar-refractivity contribution < 1.29 is 9.18 Å². The number of hydrogen-bond donors (Lipinski definition) is 1. The molecule has 6 heteroatoms. The molecule has 1 heterocycles. The van der Waals surface area contributed by atoms with Crippen LogP contribution in [0.4, 0.5) is 10.1 Å². The van der Waals surface area contributed by atoms with Crippen molar-refractivity contribution in [2.24, 2.45) is 0 Å². The van der Waals surface area contributed by atoms with Crippen molar-refractivity contribution in [3.63, 3.8) is 0 Å². The van der Waals surface area contributed by atoms with Gasteiger partial charge >= 0.3 is 0 Å². The van der Waals surface area contributed by atoms with Gasteiger partial charge in [-0.05, 0) is 18.2 Å². The molecule has 1 amide bonds. The van der Waals surface area contributed by atoms with Gasteiger partial charge in [0.2, 0.25) is 0 Å². The molecule has 1 aromatic carbocycles. The highest BCUT2D eigenvalue weighted by Gasteiger charge is 2.15. The van der Waals surface area contributed by atoms with Gasteiger partial charge in [0, 0.05) is 11.6 Å². The number of carbonyl (C=O) groups is 1. The van der Waals surface area contributed by atoms with Gasteiger partial charge in [0.25, 0.3) is 5.91 Å². The molecule has 0 aliphatic carbocycles. The lowest BCUT2D eigenvalue weighted by atomic mass is 10.2. The number of hydrogen-bond acceptors (Lipinski definition) is 3. The SMILES string of the molecule is CC(C)c1ncc(Cl)c(C(=O)Nc2cccc(F)c2)n1. The number of amides is 1. The third-order valence-corrected chi connectivity index (χ3v) is 2.85. The number of nitrogens with one attached hydrogen (secondary N) is 1. The molecule has 2 aromatic rings. The van der Waals surface area contributed by atoms with Crippen LogP contribution in [0.1, 0.15) is 36.1 Å². The van der Waals surface area contributed by atoms with E-state index in [4.69, 9.17) is 11.6 Å². The first kappa shape index (κ1) is 14.4. The van der Waals surface area contributed by atoms with Gasteiger partial charge in [-0.25, -0.2) is 14.4 Å². The first-order valence-electron chi connectivity index (χ1n) is 6.06. The second-order valence-corrected chi connectivity index (χ2v) is 4.95. The maximum absolute atomic E-state index is 13.1. The smallest absolute Gasteiger partial charge is 0.275 e. The van der Waals surface area contributed by atoms with Crippen LogP contribution in [-0.4, -0.2) is 15.9 Å². The van der Waals surface area contributed by atoms with Gasteiger partial charge in [0.15, 0.2) is 5.69 Å². The Bertz CT molecular complexity index is 646. The highest BCUT2D eigenvalue weighted by Crippen LogP contribution is 2.18. The highest BCUT2D eigenvalue weighted by molar-refractivity contribution is 6.33. The fraction of sp³-hybridized carbons (Fsp3) is 0.214. The Morgan fingerprint density at radius 2 is 2.15 bits per heavy atom. The van der Waals surface area contributed by atoms with Crippen molar-refractivity contribution in [1.82, 2.24) is 9.97 Å². The molecule has 0 saturated heterocycles. The summed E-state index contributed by atoms with van der Waals surface area (Å²) in [6.45, 7) is 3.83. The van der Waals surface area contributed by atoms with Crippen molar-refractivity contribution in [1.29, 1.82) is 0 Å². The van der Waals surface area contributed by atoms with Gasteiger partial charge in [-0.2, -0.15) is 0 Å². The zero-order chi connectivity index (χ0) is 14.7. The molecule has 1 aromatic heterocycles. The molecule has 0 saturated carbocycles. The Morgan fingerprint density at radius 3 is 2.80 bits per heavy atom. The van der Waals surface area contributed by atoms with Gasteiger partial charge in [-0.1, -0.05) is 31.5 Å². The molecule has 104 valence electrons. The second kappa shape index (κ2) is 5.96. The Labute approximate surface area is 121 Å². The monoisotopic (exact) mass is 293 g/mol. The average molecular weight is 294 g/mol. The van der Waals surface area contributed by atoms with E-state index in [-0.39, 0.29) is 16.6 Å². The fourth-order valence-electron chi connectivity index (χ4n) is 1.57. The maximum atomic E-state index is 13.1. The third kappa shape index (κ3) is 3.30. The van der Waals surface area contributed by atoms with E-state index in [1.165, 1.54) is 24.4 Å². The largest absolute Gasteiger partial charge is 0.321 e. The van der Waals surface area contributed by atoms with Crippen LogP contribution in [0.5, 0.6) is 0 Å². The first-order chi connectivity index (χ1) is 9.47. The molecule has 4 nitrogen and oxygen atoms in total. The Kier molecular flexibility index (Phi) is 4.29. The van der Waals surface area contributed by atoms with E-state index in [1.54, 1.807) is 6.07 Å². The molecule has 2 rings (SSSR count). The average Bonchev–Trinajstić information content (AvgIpc) is 2.38. The van der Waals surface area contributed by atoms with Crippen LogP contribution in [-0.2, 0) is 0 Å². The van der Waals surface area contributed by atoms with E-state index in [9.17, 15) is 9.18 Å². The summed E-state index contributed by atoms with van der Waals surface area (Å²) in [5.74, 6) is -0.323. The van der Waals surface area contributed by atoms with Crippen LogP contribution in [0.2, 0.25) is 5.02 Å². The predicted octanol–water partition coefficient (Wildman–Crippen LogP) is 3.64. The quantitative estimate of drug-likeness (QED) is 0.940. The zero-order valence-electron chi connectivity index (χ0n) is 11.0. The number of nitrogens with zero attached hydrogens (tertiary/aromatic N) is 2. The topological polar surface area (TPSA) is 54.9 Å². The number of anilines is 1. The van der Waals surface area contributed by atoms with Crippen molar-refractivity contribution in [2.45, 2.75) is 19.8 Å². The number of aromatic nitrogens is 2. The number of benzene rings is 1. The summed E-state index contributed by atoms with van der Waals surface area (Å²) in [4.78, 5) is 20.3. The van der Waals surface area contributed by atoms with E-state index in [0.29, 0.717) is 11.5 Å². The summed E-state index contributed by atoms with van der Waals surface area (Å²) >= 11 is 5.93. The van der Waals surface area contributed by atoms with E-state index in [0.717, 1.165) is 0 Å². The predicted molar refractivity (Wildman–Crippen MR) is 75.5 cm³/mol. The molecule has 0 radical (unpaired) electrons. The minimum absolute atomic E-state index is 0.0768. The lowest BCUT2D eigenvalue weighted by Gasteiger charge is -2.09. The number of halogens is 2. The zero-order valence-corrected chi connectivity index (χ0v) is 11.8. The van der Waals surface area contributed by atoms with Gasteiger partial charge < -0.3 is 5.32 Å². The minimum Gasteiger partial charge on any atom is -0.321 e. The summed E-state index contributed by atoms with van der Waals surface area (Å²) in [6, 6.07) is 5.60. The number of carbonyl (C=O) groups excluding carboxylic acids is 1. The van der Waals surface area contributed by atoms with Gasteiger partial charge in [0.05, 0.1) is 11.2 Å². The number of rotatable bonds is 3. The summed E-state index contributed by atoms with van der Waals surface area (Å²) < 4.78 is 13.1. The molecule has 0 bridgehead atoms. The third-order valence-electron chi connectivity index (χ3n) is 2.58. The first-order valence-corrected chi connectivity index (χ1v) is 6.44. The molecular formula is C14H13ClFN3O. The van der Waals surface area contributed by atoms with Crippen LogP contribution in [0.3, 0.4) is 0 Å². The van der Waals surface area contributed by atoms with Crippen molar-refractivity contribution in [3.05, 3.63) is 52.8 Å². The van der Waals surface area contributed by atoms with E-state index in [2.05, 4.69) is 15.3 Å². The van der Waals surface area contributed by atoms with Crippen LogP contribution in [0, 0.1) is 5.82 Å². The lowest BCUT2D eigenvalue weighted by molar-refractivity contribution is 0.102. The van der Waals surface area contributed by atoms with Gasteiger partial charge in [-0.15, -0.1) is 0 Å². The van der Waals surface area contributed by atoms with Crippen molar-refractivity contribution in [3.8, 4) is 0 Å². The summed E-state index contributed by atoms with van der Waals surface area (Å²) in [6.07, 6.45) is 1.39. The van der Waals surface area contributed by atoms with Crippen molar-refractivity contribution >= 4 is 23.2 Å². The second-order valence-electron chi connectivity index (χ2n) is 4.54. The van der Waals surface area contributed by atoms with E-state index >= 15 is 0 Å². The van der Waals surface area contributed by atoms with Gasteiger partial charge in [-0.3, -0.25) is 4.79 Å². The van der Waals surface area contributed by atoms with Crippen molar-refractivity contribution in [2.75, 3.05) is 5.32 Å². The Balaban J connectivity index is 2.27. The lowest BCUT2D eigenvalue weighted by Crippen LogP contribution is -2.16. The molecule has 0 atom stereocenters. The van der Waals surface area contributed by atoms with E-state index < -0.39 is 11.7 Å². The molecular weight excluding hydrogens is 281 g/mol. The molecule has 0 fully saturated rings. The normalized spacial score (nSPS) is 10.7. The van der Waals surface area contributed by atoms with Gasteiger partial charge in [0.1, 0.15) is 11.6 Å². The Hall–Kier alpha value is -2.01. The molecule has 0 spiro atoms. The van der Waals surface area contributed by atoms with Crippen LogP contribution < -0.4 is 5.32 Å². The maximum Gasteiger partial charge on any atom is 0.275 e. The molecule has 0 aliphatic heterocycles. The summed E-state index contributed by atoms with van der Waals surface area (Å²) in [5.41, 5.74) is 0.422. The summed E-state index contributed by atoms with van der Waals surface area (Å²) in [5, 5.41) is 2.71.